The van der Waals surface area contributed by atoms with Gasteiger partial charge >= 0.3 is 0 Å². The number of para-hydroxylation sites is 1. The van der Waals surface area contributed by atoms with Gasteiger partial charge in [0.25, 0.3) is 0 Å². The van der Waals surface area contributed by atoms with Crippen molar-refractivity contribution in [2.45, 2.75) is 5.16 Å². The molecule has 1 amide bonds. The molecule has 10 heteroatoms. The smallest absolute Gasteiger partial charge is 0.234 e. The number of nitrogens with one attached hydrogen (secondary N) is 2. The van der Waals surface area contributed by atoms with Crippen molar-refractivity contribution in [1.82, 2.24) is 19.7 Å². The van der Waals surface area contributed by atoms with Crippen LogP contribution in [-0.4, -0.2) is 52.7 Å². The lowest BCUT2D eigenvalue weighted by molar-refractivity contribution is -0.113. The van der Waals surface area contributed by atoms with E-state index < -0.39 is 0 Å². The number of amides is 1. The molecule has 0 aliphatic rings. The first kappa shape index (κ1) is 24.3. The molecule has 0 radical (unpaired) electrons. The number of hydrogen-bond acceptors (Lipinski definition) is 7. The second-order valence-electron chi connectivity index (χ2n) is 7.99. The molecular formula is C27H25N5O4S. The van der Waals surface area contributed by atoms with Crippen LogP contribution in [0.15, 0.2) is 78.1 Å². The van der Waals surface area contributed by atoms with Gasteiger partial charge in [0.05, 0.1) is 32.8 Å². The highest BCUT2D eigenvalue weighted by atomic mass is 32.2. The Morgan fingerprint density at radius 2 is 1.70 bits per heavy atom. The minimum Gasteiger partial charge on any atom is -0.497 e. The van der Waals surface area contributed by atoms with Gasteiger partial charge in [-0.15, -0.1) is 10.2 Å². The first-order valence-electron chi connectivity index (χ1n) is 11.4. The minimum atomic E-state index is -0.202. The van der Waals surface area contributed by atoms with Crippen LogP contribution in [0.3, 0.4) is 0 Å². The van der Waals surface area contributed by atoms with Crippen LogP contribution in [0.5, 0.6) is 17.2 Å². The van der Waals surface area contributed by atoms with Crippen LogP contribution in [0, 0.1) is 0 Å². The number of anilines is 1. The minimum absolute atomic E-state index is 0.122. The first-order valence-corrected chi connectivity index (χ1v) is 12.4. The Labute approximate surface area is 217 Å². The first-order chi connectivity index (χ1) is 18.1. The molecule has 0 saturated heterocycles. The van der Waals surface area contributed by atoms with E-state index in [4.69, 9.17) is 14.2 Å². The Hall–Kier alpha value is -4.44. The van der Waals surface area contributed by atoms with Gasteiger partial charge in [-0.3, -0.25) is 9.36 Å². The van der Waals surface area contributed by atoms with Gasteiger partial charge < -0.3 is 24.5 Å². The van der Waals surface area contributed by atoms with Crippen LogP contribution in [0.1, 0.15) is 0 Å². The summed E-state index contributed by atoms with van der Waals surface area (Å²) >= 11 is 1.29. The molecule has 0 aliphatic carbocycles. The molecule has 3 aromatic carbocycles. The Morgan fingerprint density at radius 3 is 2.46 bits per heavy atom. The number of H-pyrrole nitrogens is 1. The summed E-state index contributed by atoms with van der Waals surface area (Å²) in [5, 5.41) is 13.5. The molecule has 2 N–H and O–H groups in total. The van der Waals surface area contributed by atoms with Crippen molar-refractivity contribution in [3.63, 3.8) is 0 Å². The number of hydrogen-bond donors (Lipinski definition) is 2. The highest BCUT2D eigenvalue weighted by molar-refractivity contribution is 7.99. The highest BCUT2D eigenvalue weighted by Crippen LogP contribution is 2.33. The lowest BCUT2D eigenvalue weighted by Gasteiger charge is -2.12. The van der Waals surface area contributed by atoms with E-state index in [0.29, 0.717) is 28.2 Å². The Morgan fingerprint density at radius 1 is 0.946 bits per heavy atom. The van der Waals surface area contributed by atoms with E-state index >= 15 is 0 Å². The number of aromatic nitrogens is 4. The van der Waals surface area contributed by atoms with Gasteiger partial charge in [0.1, 0.15) is 17.2 Å². The number of ether oxygens (including phenoxy) is 3. The van der Waals surface area contributed by atoms with Crippen LogP contribution in [0.4, 0.5) is 5.69 Å². The second kappa shape index (κ2) is 10.7. The summed E-state index contributed by atoms with van der Waals surface area (Å²) < 4.78 is 17.9. The number of fused-ring (bicyclic) bond motifs is 1. The van der Waals surface area contributed by atoms with Crippen molar-refractivity contribution in [2.75, 3.05) is 32.4 Å². The average Bonchev–Trinajstić information content (AvgIpc) is 3.56. The van der Waals surface area contributed by atoms with Gasteiger partial charge in [-0.2, -0.15) is 0 Å². The number of benzene rings is 3. The van der Waals surface area contributed by atoms with Crippen molar-refractivity contribution >= 4 is 34.3 Å². The van der Waals surface area contributed by atoms with Crippen LogP contribution >= 0.6 is 11.8 Å². The van der Waals surface area contributed by atoms with E-state index in [9.17, 15) is 4.79 Å². The molecule has 37 heavy (non-hydrogen) atoms. The number of carbonyl (C=O) groups is 1. The SMILES string of the molecule is COc1ccc(-n2c(SCC(=O)Nc3ccc(OC)cc3OC)nnc2-c2c[nH]c3ccccc23)cc1. The van der Waals surface area contributed by atoms with Gasteiger partial charge in [0.15, 0.2) is 11.0 Å². The summed E-state index contributed by atoms with van der Waals surface area (Å²) in [4.78, 5) is 16.1. The molecule has 5 rings (SSSR count). The lowest BCUT2D eigenvalue weighted by atomic mass is 10.1. The van der Waals surface area contributed by atoms with Crippen molar-refractivity contribution < 1.29 is 19.0 Å². The molecule has 0 atom stereocenters. The van der Waals surface area contributed by atoms with E-state index in [1.165, 1.54) is 11.8 Å². The van der Waals surface area contributed by atoms with Gasteiger partial charge in [0, 0.05) is 34.4 Å². The number of aromatic amines is 1. The van der Waals surface area contributed by atoms with Crippen LogP contribution in [-0.2, 0) is 4.79 Å². The van der Waals surface area contributed by atoms with Gasteiger partial charge in [-0.1, -0.05) is 30.0 Å². The number of nitrogens with zero attached hydrogens (tertiary/aromatic N) is 3. The summed E-state index contributed by atoms with van der Waals surface area (Å²) in [5.41, 5.74) is 3.33. The molecule has 2 aromatic heterocycles. The summed E-state index contributed by atoms with van der Waals surface area (Å²) in [6.07, 6.45) is 1.92. The predicted molar refractivity (Wildman–Crippen MR) is 144 cm³/mol. The van der Waals surface area contributed by atoms with Gasteiger partial charge in [-0.25, -0.2) is 0 Å². The summed E-state index contributed by atoms with van der Waals surface area (Å²) in [6, 6.07) is 20.9. The molecular weight excluding hydrogens is 490 g/mol. The number of methoxy groups -OCH3 is 3. The van der Waals surface area contributed by atoms with E-state index in [0.717, 1.165) is 27.9 Å². The quantitative estimate of drug-likeness (QED) is 0.261. The van der Waals surface area contributed by atoms with E-state index in [1.807, 2.05) is 59.3 Å². The Kier molecular flexibility index (Phi) is 7.00. The van der Waals surface area contributed by atoms with Gasteiger partial charge in [0.2, 0.25) is 5.91 Å². The second-order valence-corrected chi connectivity index (χ2v) is 8.93. The third kappa shape index (κ3) is 4.96. The Bertz CT molecular complexity index is 1540. The normalized spacial score (nSPS) is 10.9. The fraction of sp³-hybridized carbons (Fsp3) is 0.148. The average molecular weight is 516 g/mol. The van der Waals surface area contributed by atoms with Gasteiger partial charge in [-0.05, 0) is 42.5 Å². The molecule has 0 saturated carbocycles. The number of rotatable bonds is 9. The zero-order valence-electron chi connectivity index (χ0n) is 20.5. The third-order valence-electron chi connectivity index (χ3n) is 5.81. The molecule has 188 valence electrons. The molecule has 0 unspecified atom stereocenters. The third-order valence-corrected chi connectivity index (χ3v) is 6.74. The molecule has 0 bridgehead atoms. The van der Waals surface area contributed by atoms with E-state index in [-0.39, 0.29) is 11.7 Å². The molecule has 0 spiro atoms. The fourth-order valence-corrected chi connectivity index (χ4v) is 4.73. The molecule has 9 nitrogen and oxygen atoms in total. The molecule has 0 fully saturated rings. The summed E-state index contributed by atoms with van der Waals surface area (Å²) in [7, 11) is 4.75. The van der Waals surface area contributed by atoms with Crippen molar-refractivity contribution in [1.29, 1.82) is 0 Å². The maximum atomic E-state index is 12.9. The topological polar surface area (TPSA) is 103 Å². The van der Waals surface area contributed by atoms with Crippen molar-refractivity contribution in [3.8, 4) is 34.3 Å². The monoisotopic (exact) mass is 515 g/mol. The Balaban J connectivity index is 1.44. The molecule has 0 aliphatic heterocycles. The zero-order valence-corrected chi connectivity index (χ0v) is 21.3. The zero-order chi connectivity index (χ0) is 25.8. The van der Waals surface area contributed by atoms with E-state index in [2.05, 4.69) is 20.5 Å². The van der Waals surface area contributed by atoms with Crippen LogP contribution in [0.25, 0.3) is 28.0 Å². The lowest BCUT2D eigenvalue weighted by Crippen LogP contribution is -2.15. The van der Waals surface area contributed by atoms with Crippen molar-refractivity contribution in [2.24, 2.45) is 0 Å². The number of carbonyl (C=O) groups excluding carboxylic acids is 1. The maximum absolute atomic E-state index is 12.9. The van der Waals surface area contributed by atoms with Crippen LogP contribution < -0.4 is 19.5 Å². The fourth-order valence-electron chi connectivity index (χ4n) is 3.98. The predicted octanol–water partition coefficient (Wildman–Crippen LogP) is 5.17. The molecule has 5 aromatic rings. The standard InChI is InChI=1S/C27H25N5O4S/c1-34-18-10-8-17(9-11-18)32-26(21-15-28-22-7-5-4-6-20(21)22)30-31-27(32)37-16-25(33)29-23-13-12-19(35-2)14-24(23)36-3/h4-15,28H,16H2,1-3H3,(H,29,33). The highest BCUT2D eigenvalue weighted by Gasteiger charge is 2.20. The summed E-state index contributed by atoms with van der Waals surface area (Å²) in [6.45, 7) is 0. The van der Waals surface area contributed by atoms with Crippen LogP contribution in [0.2, 0.25) is 0 Å². The number of thioether (sulfide) groups is 1. The van der Waals surface area contributed by atoms with Crippen molar-refractivity contribution in [3.05, 3.63) is 72.9 Å². The maximum Gasteiger partial charge on any atom is 0.234 e. The molecule has 2 heterocycles. The summed E-state index contributed by atoms with van der Waals surface area (Å²) in [5.74, 6) is 2.49. The van der Waals surface area contributed by atoms with E-state index in [1.54, 1.807) is 39.5 Å². The largest absolute Gasteiger partial charge is 0.497 e.